The number of benzene rings is 1. The number of carbonyl (C=O) groups excluding carboxylic acids is 1. The van der Waals surface area contributed by atoms with Crippen LogP contribution in [0.1, 0.15) is 10.4 Å². The van der Waals surface area contributed by atoms with Crippen molar-refractivity contribution in [3.63, 3.8) is 0 Å². The van der Waals surface area contributed by atoms with E-state index in [0.717, 1.165) is 45.7 Å². The zero-order chi connectivity index (χ0) is 20.0. The number of nitrogens with zero attached hydrogens (tertiary/aromatic N) is 2. The van der Waals surface area contributed by atoms with Crippen LogP contribution in [0.3, 0.4) is 0 Å². The largest absolute Gasteiger partial charge is 0.366 e. The Morgan fingerprint density at radius 2 is 1.90 bits per heavy atom. The summed E-state index contributed by atoms with van der Waals surface area (Å²) in [5.74, 6) is 0.0714. The van der Waals surface area contributed by atoms with Gasteiger partial charge in [-0.25, -0.2) is 0 Å². The molecular formula is C21H17Cl2N3OS2. The molecule has 0 unspecified atom stereocenters. The van der Waals surface area contributed by atoms with Crippen LogP contribution in [-0.4, -0.2) is 42.0 Å². The Bertz CT molecular complexity index is 1170. The van der Waals surface area contributed by atoms with Gasteiger partial charge < -0.3 is 14.8 Å². The first-order valence-corrected chi connectivity index (χ1v) is 11.7. The molecule has 1 saturated heterocycles. The number of thiophene rings is 2. The number of halogens is 2. The highest BCUT2D eigenvalue weighted by molar-refractivity contribution is 7.20. The maximum absolute atomic E-state index is 13.4. The molecule has 4 aromatic rings. The lowest BCUT2D eigenvalue weighted by Crippen LogP contribution is -2.48. The zero-order valence-electron chi connectivity index (χ0n) is 15.3. The summed E-state index contributed by atoms with van der Waals surface area (Å²) in [7, 11) is 0. The van der Waals surface area contributed by atoms with Crippen molar-refractivity contribution in [2.75, 3.05) is 31.1 Å². The number of amides is 1. The molecule has 4 nitrogen and oxygen atoms in total. The SMILES string of the molecule is O=C(c1cccc2[nH]cc(-c3cccs3)c12)N1CCN(c2cc(Cl)sc2Cl)CC1. The molecule has 1 aromatic carbocycles. The molecule has 1 amide bonds. The average Bonchev–Trinajstić information content (AvgIpc) is 3.46. The Hall–Kier alpha value is -1.99. The fourth-order valence-electron chi connectivity index (χ4n) is 3.86. The van der Waals surface area contributed by atoms with Crippen LogP contribution in [0.2, 0.25) is 8.67 Å². The van der Waals surface area contributed by atoms with Crippen molar-refractivity contribution in [2.24, 2.45) is 0 Å². The van der Waals surface area contributed by atoms with Crippen LogP contribution in [0, 0.1) is 0 Å². The third-order valence-electron chi connectivity index (χ3n) is 5.27. The monoisotopic (exact) mass is 461 g/mol. The first-order valence-electron chi connectivity index (χ1n) is 9.25. The van der Waals surface area contributed by atoms with Gasteiger partial charge in [-0.15, -0.1) is 22.7 Å². The van der Waals surface area contributed by atoms with Crippen LogP contribution in [0.15, 0.2) is 48.0 Å². The molecule has 1 N–H and O–H groups in total. The van der Waals surface area contributed by atoms with Crippen molar-refractivity contribution in [1.29, 1.82) is 0 Å². The minimum atomic E-state index is 0.0714. The van der Waals surface area contributed by atoms with Gasteiger partial charge in [0.1, 0.15) is 4.34 Å². The van der Waals surface area contributed by atoms with Crippen LogP contribution < -0.4 is 4.90 Å². The first kappa shape index (κ1) is 19.0. The number of nitrogens with one attached hydrogen (secondary N) is 1. The molecule has 0 spiro atoms. The molecule has 1 fully saturated rings. The zero-order valence-corrected chi connectivity index (χ0v) is 18.5. The summed E-state index contributed by atoms with van der Waals surface area (Å²) in [6, 6.07) is 11.9. The van der Waals surface area contributed by atoms with E-state index in [0.29, 0.717) is 21.8 Å². The fourth-order valence-corrected chi connectivity index (χ4v) is 6.12. The van der Waals surface area contributed by atoms with E-state index in [1.807, 2.05) is 41.4 Å². The molecule has 8 heteroatoms. The van der Waals surface area contributed by atoms with Gasteiger partial charge in [0.25, 0.3) is 5.91 Å². The van der Waals surface area contributed by atoms with E-state index in [2.05, 4.69) is 21.3 Å². The second-order valence-electron chi connectivity index (χ2n) is 6.90. The molecule has 29 heavy (non-hydrogen) atoms. The number of hydrogen-bond acceptors (Lipinski definition) is 4. The third-order valence-corrected chi connectivity index (χ3v) is 7.64. The molecule has 0 saturated carbocycles. The Kier molecular flexibility index (Phi) is 5.04. The molecule has 148 valence electrons. The van der Waals surface area contributed by atoms with Crippen molar-refractivity contribution in [3.8, 4) is 10.4 Å². The van der Waals surface area contributed by atoms with E-state index in [1.54, 1.807) is 11.3 Å². The maximum Gasteiger partial charge on any atom is 0.254 e. The van der Waals surface area contributed by atoms with Crippen molar-refractivity contribution >= 4 is 68.4 Å². The van der Waals surface area contributed by atoms with Crippen LogP contribution in [0.25, 0.3) is 21.3 Å². The third kappa shape index (κ3) is 3.44. The van der Waals surface area contributed by atoms with Crippen LogP contribution in [0.5, 0.6) is 0 Å². The van der Waals surface area contributed by atoms with Gasteiger partial charge in [0.15, 0.2) is 0 Å². The quantitative estimate of drug-likeness (QED) is 0.392. The second-order valence-corrected chi connectivity index (χ2v) is 10.1. The van der Waals surface area contributed by atoms with Gasteiger partial charge in [-0.3, -0.25) is 4.79 Å². The minimum absolute atomic E-state index is 0.0714. The van der Waals surface area contributed by atoms with E-state index in [9.17, 15) is 4.79 Å². The summed E-state index contributed by atoms with van der Waals surface area (Å²) in [5.41, 5.74) is 3.77. The standard InChI is InChI=1S/C21H17Cl2N3OS2/c22-18-11-16(20(23)29-18)25-6-8-26(9-7-25)21(27)13-3-1-4-15-19(13)14(12-24-15)17-5-2-10-28-17/h1-5,10-12,24H,6-9H2. The number of piperazine rings is 1. The van der Waals surface area contributed by atoms with Gasteiger partial charge in [-0.05, 0) is 29.6 Å². The lowest BCUT2D eigenvalue weighted by molar-refractivity contribution is 0.0749. The number of H-pyrrole nitrogens is 1. The minimum Gasteiger partial charge on any atom is -0.366 e. The van der Waals surface area contributed by atoms with E-state index >= 15 is 0 Å². The fraction of sp³-hybridized carbons (Fsp3) is 0.190. The Morgan fingerprint density at radius 3 is 2.59 bits per heavy atom. The predicted octanol–water partition coefficient (Wildman–Crippen LogP) is 6.23. The van der Waals surface area contributed by atoms with Crippen LogP contribution in [0.4, 0.5) is 5.69 Å². The van der Waals surface area contributed by atoms with E-state index in [-0.39, 0.29) is 5.91 Å². The van der Waals surface area contributed by atoms with E-state index in [1.165, 1.54) is 11.3 Å². The first-order chi connectivity index (χ1) is 14.1. The lowest BCUT2D eigenvalue weighted by atomic mass is 10.0. The maximum atomic E-state index is 13.4. The summed E-state index contributed by atoms with van der Waals surface area (Å²) in [5, 5.41) is 3.05. The second kappa shape index (κ2) is 7.69. The van der Waals surface area contributed by atoms with Gasteiger partial charge >= 0.3 is 0 Å². The summed E-state index contributed by atoms with van der Waals surface area (Å²) < 4.78 is 1.39. The Balaban J connectivity index is 1.41. The summed E-state index contributed by atoms with van der Waals surface area (Å²) in [4.78, 5) is 22.0. The molecule has 4 heterocycles. The molecule has 0 aliphatic carbocycles. The van der Waals surface area contributed by atoms with Crippen LogP contribution >= 0.6 is 45.9 Å². The number of aromatic amines is 1. The summed E-state index contributed by atoms with van der Waals surface area (Å²) >= 11 is 15.4. The molecule has 3 aromatic heterocycles. The van der Waals surface area contributed by atoms with Gasteiger partial charge in [-0.2, -0.15) is 0 Å². The van der Waals surface area contributed by atoms with Crippen molar-refractivity contribution < 1.29 is 4.79 Å². The summed E-state index contributed by atoms with van der Waals surface area (Å²) in [6.07, 6.45) is 1.99. The Morgan fingerprint density at radius 1 is 1.07 bits per heavy atom. The number of fused-ring (bicyclic) bond motifs is 1. The van der Waals surface area contributed by atoms with E-state index in [4.69, 9.17) is 23.2 Å². The van der Waals surface area contributed by atoms with Gasteiger partial charge in [0, 0.05) is 59.3 Å². The van der Waals surface area contributed by atoms with Crippen molar-refractivity contribution in [3.05, 3.63) is 62.2 Å². The number of hydrogen-bond donors (Lipinski definition) is 1. The number of rotatable bonds is 3. The van der Waals surface area contributed by atoms with Gasteiger partial charge in [0.2, 0.25) is 0 Å². The summed E-state index contributed by atoms with van der Waals surface area (Å²) in [6.45, 7) is 2.77. The molecule has 5 rings (SSSR count). The molecule has 1 aliphatic rings. The molecule has 1 aliphatic heterocycles. The number of carbonyl (C=O) groups is 1. The van der Waals surface area contributed by atoms with Crippen LogP contribution in [-0.2, 0) is 0 Å². The molecule has 0 bridgehead atoms. The van der Waals surface area contributed by atoms with Crippen molar-refractivity contribution in [2.45, 2.75) is 0 Å². The number of anilines is 1. The lowest BCUT2D eigenvalue weighted by Gasteiger charge is -2.36. The van der Waals surface area contributed by atoms with E-state index < -0.39 is 0 Å². The van der Waals surface area contributed by atoms with Gasteiger partial charge in [0.05, 0.1) is 10.0 Å². The normalized spacial score (nSPS) is 14.7. The predicted molar refractivity (Wildman–Crippen MR) is 124 cm³/mol. The topological polar surface area (TPSA) is 39.3 Å². The average molecular weight is 462 g/mol. The van der Waals surface area contributed by atoms with Gasteiger partial charge in [-0.1, -0.05) is 35.3 Å². The highest BCUT2D eigenvalue weighted by Gasteiger charge is 2.26. The molecule has 0 radical (unpaired) electrons. The highest BCUT2D eigenvalue weighted by Crippen LogP contribution is 2.38. The van der Waals surface area contributed by atoms with Crippen molar-refractivity contribution in [1.82, 2.24) is 9.88 Å². The Labute approximate surface area is 186 Å². The molecular weight excluding hydrogens is 445 g/mol. The highest BCUT2D eigenvalue weighted by atomic mass is 35.5. The molecule has 0 atom stereocenters. The number of aromatic nitrogens is 1. The smallest absolute Gasteiger partial charge is 0.254 e.